The van der Waals surface area contributed by atoms with Crippen molar-refractivity contribution in [2.24, 2.45) is 0 Å². The minimum Gasteiger partial charge on any atom is -0.427 e. The van der Waals surface area contributed by atoms with E-state index in [-0.39, 0.29) is 0 Å². The highest BCUT2D eigenvalue weighted by Gasteiger charge is 2.17. The SMILES string of the molecule is O=Ic1cccc[n+]1C(=O)O. The number of rotatable bonds is 1. The van der Waals surface area contributed by atoms with Crippen LogP contribution in [0, 0.1) is 3.70 Å². The molecule has 11 heavy (non-hydrogen) atoms. The first-order valence-electron chi connectivity index (χ1n) is 2.77. The van der Waals surface area contributed by atoms with Crippen LogP contribution in [0.1, 0.15) is 0 Å². The van der Waals surface area contributed by atoms with Crippen molar-refractivity contribution >= 4 is 27.3 Å². The van der Waals surface area contributed by atoms with E-state index in [0.29, 0.717) is 3.70 Å². The quantitative estimate of drug-likeness (QED) is 0.468. The lowest BCUT2D eigenvalue weighted by Gasteiger charge is -1.86. The zero-order valence-electron chi connectivity index (χ0n) is 5.40. The lowest BCUT2D eigenvalue weighted by molar-refractivity contribution is -0.597. The Hall–Kier alpha value is -0.850. The summed E-state index contributed by atoms with van der Waals surface area (Å²) < 4.78 is 11.8. The molecule has 1 heterocycles. The first-order valence-corrected chi connectivity index (χ1v) is 4.72. The van der Waals surface area contributed by atoms with Gasteiger partial charge in [0.15, 0.2) is 6.20 Å². The highest BCUT2D eigenvalue weighted by atomic mass is 127. The fourth-order valence-corrected chi connectivity index (χ4v) is 1.57. The number of aromatic nitrogens is 1. The van der Waals surface area contributed by atoms with E-state index >= 15 is 0 Å². The van der Waals surface area contributed by atoms with Gasteiger partial charge in [-0.15, -0.1) is 0 Å². The fraction of sp³-hybridized carbons (Fsp3) is 0. The van der Waals surface area contributed by atoms with Crippen molar-refractivity contribution in [3.8, 4) is 0 Å². The highest BCUT2D eigenvalue weighted by Crippen LogP contribution is 2.01. The Labute approximate surface area is 73.1 Å². The van der Waals surface area contributed by atoms with Crippen LogP contribution >= 0.6 is 21.2 Å². The molecule has 1 rings (SSSR count). The average molecular weight is 266 g/mol. The van der Waals surface area contributed by atoms with Gasteiger partial charge in [0.25, 0.3) is 24.9 Å². The molecule has 5 heteroatoms. The molecule has 1 N–H and O–H groups in total. The van der Waals surface area contributed by atoms with E-state index in [9.17, 15) is 7.86 Å². The molecule has 0 amide bonds. The van der Waals surface area contributed by atoms with Crippen molar-refractivity contribution < 1.29 is 17.5 Å². The van der Waals surface area contributed by atoms with E-state index in [1.807, 2.05) is 0 Å². The van der Waals surface area contributed by atoms with Crippen LogP contribution in [-0.4, -0.2) is 11.2 Å². The number of hydrogen-bond donors (Lipinski definition) is 1. The summed E-state index contributed by atoms with van der Waals surface area (Å²) >= 11 is -1.41. The number of pyridine rings is 1. The second kappa shape index (κ2) is 3.51. The van der Waals surface area contributed by atoms with Crippen LogP contribution in [-0.2, 0) is 3.07 Å². The maximum Gasteiger partial charge on any atom is 0.600 e. The number of carbonyl (C=O) groups is 1. The van der Waals surface area contributed by atoms with Crippen molar-refractivity contribution in [2.45, 2.75) is 0 Å². The molecule has 0 spiro atoms. The van der Waals surface area contributed by atoms with Gasteiger partial charge >= 0.3 is 6.09 Å². The van der Waals surface area contributed by atoms with Crippen LogP contribution < -0.4 is 4.57 Å². The van der Waals surface area contributed by atoms with Gasteiger partial charge in [-0.1, -0.05) is 4.57 Å². The van der Waals surface area contributed by atoms with Crippen LogP contribution in [0.25, 0.3) is 0 Å². The third-order valence-corrected chi connectivity index (χ3v) is 2.43. The van der Waals surface area contributed by atoms with Crippen LogP contribution in [0.5, 0.6) is 0 Å². The Morgan fingerprint density at radius 1 is 1.55 bits per heavy atom. The molecule has 0 fully saturated rings. The van der Waals surface area contributed by atoms with Gasteiger partial charge in [0.2, 0.25) is 0 Å². The highest BCUT2D eigenvalue weighted by molar-refractivity contribution is 14.1. The van der Waals surface area contributed by atoms with E-state index in [1.165, 1.54) is 12.3 Å². The maximum absolute atomic E-state index is 10.5. The van der Waals surface area contributed by atoms with Gasteiger partial charge in [-0.3, -0.25) is 3.07 Å². The van der Waals surface area contributed by atoms with Crippen LogP contribution in [0.15, 0.2) is 24.4 Å². The molecule has 0 radical (unpaired) electrons. The first kappa shape index (κ1) is 8.25. The molecule has 0 unspecified atom stereocenters. The van der Waals surface area contributed by atoms with Crippen molar-refractivity contribution in [2.75, 3.05) is 0 Å². The van der Waals surface area contributed by atoms with Gasteiger partial charge in [-0.05, 0) is 6.07 Å². The summed E-state index contributed by atoms with van der Waals surface area (Å²) in [6.45, 7) is 0. The van der Waals surface area contributed by atoms with Gasteiger partial charge in [-0.25, -0.2) is 0 Å². The molecule has 0 aliphatic rings. The summed E-state index contributed by atoms with van der Waals surface area (Å²) in [6, 6.07) is 4.78. The normalized spacial score (nSPS) is 9.45. The molecule has 0 aliphatic carbocycles. The summed E-state index contributed by atoms with van der Waals surface area (Å²) in [5.74, 6) is 0. The first-order chi connectivity index (χ1) is 5.25. The van der Waals surface area contributed by atoms with Gasteiger partial charge in [0, 0.05) is 12.1 Å². The van der Waals surface area contributed by atoms with Crippen molar-refractivity contribution in [1.29, 1.82) is 0 Å². The minimum absolute atomic E-state index is 0.360. The molecule has 1 aromatic heterocycles. The zero-order valence-corrected chi connectivity index (χ0v) is 7.56. The van der Waals surface area contributed by atoms with Crippen LogP contribution in [0.3, 0.4) is 0 Å². The number of nitrogens with zero attached hydrogens (tertiary/aromatic N) is 1. The fourth-order valence-electron chi connectivity index (χ4n) is 0.640. The Bertz CT molecular complexity index is 300. The summed E-state index contributed by atoms with van der Waals surface area (Å²) in [4.78, 5) is 10.4. The second-order valence-corrected chi connectivity index (χ2v) is 3.30. The van der Waals surface area contributed by atoms with Gasteiger partial charge < -0.3 is 5.11 Å². The molecule has 0 saturated heterocycles. The summed E-state index contributed by atoms with van der Waals surface area (Å²) in [7, 11) is 0. The maximum atomic E-state index is 10.5. The molecular formula is C6H5INO3+. The van der Waals surface area contributed by atoms with Crippen molar-refractivity contribution in [3.63, 3.8) is 0 Å². The number of hydrogen-bond acceptors (Lipinski definition) is 2. The summed E-state index contributed by atoms with van der Waals surface area (Å²) in [5.41, 5.74) is 0. The predicted octanol–water partition coefficient (Wildman–Crippen LogP) is 0.986. The molecule has 0 aromatic carbocycles. The van der Waals surface area contributed by atoms with E-state index in [4.69, 9.17) is 5.11 Å². The van der Waals surface area contributed by atoms with E-state index in [1.54, 1.807) is 12.1 Å². The third kappa shape index (κ3) is 1.79. The molecule has 58 valence electrons. The molecule has 0 bridgehead atoms. The number of carboxylic acid groups (broad SMARTS) is 1. The zero-order chi connectivity index (χ0) is 8.27. The largest absolute Gasteiger partial charge is 0.600 e. The van der Waals surface area contributed by atoms with Crippen molar-refractivity contribution in [1.82, 2.24) is 0 Å². The van der Waals surface area contributed by atoms with E-state index < -0.39 is 27.3 Å². The van der Waals surface area contributed by atoms with Gasteiger partial charge in [-0.2, -0.15) is 4.79 Å². The van der Waals surface area contributed by atoms with Crippen LogP contribution in [0.2, 0.25) is 0 Å². The Morgan fingerprint density at radius 2 is 2.27 bits per heavy atom. The molecular weight excluding hydrogens is 261 g/mol. The lowest BCUT2D eigenvalue weighted by Crippen LogP contribution is -2.44. The molecule has 4 nitrogen and oxygen atoms in total. The molecule has 0 atom stereocenters. The Morgan fingerprint density at radius 3 is 2.73 bits per heavy atom. The summed E-state index contributed by atoms with van der Waals surface area (Å²) in [5, 5.41) is 8.54. The lowest BCUT2D eigenvalue weighted by atomic mass is 10.5. The van der Waals surface area contributed by atoms with Gasteiger partial charge in [0.1, 0.15) is 0 Å². The smallest absolute Gasteiger partial charge is 0.427 e. The second-order valence-electron chi connectivity index (χ2n) is 1.75. The molecule has 0 aliphatic heterocycles. The summed E-state index contributed by atoms with van der Waals surface area (Å²) in [6.07, 6.45) is 0.270. The standard InChI is InChI=1S/C6H4INO3/c9-6(10)8-4-2-1-3-5(8)7-11/h1-4H/p+1. The minimum atomic E-state index is -1.41. The monoisotopic (exact) mass is 266 g/mol. The predicted molar refractivity (Wildman–Crippen MR) is 43.5 cm³/mol. The Kier molecular flexibility index (Phi) is 2.64. The number of halogens is 1. The molecule has 1 aromatic rings. The van der Waals surface area contributed by atoms with Gasteiger partial charge in [0.05, 0.1) is 0 Å². The van der Waals surface area contributed by atoms with Crippen molar-refractivity contribution in [3.05, 3.63) is 28.1 Å². The van der Waals surface area contributed by atoms with E-state index in [2.05, 4.69) is 0 Å². The average Bonchev–Trinajstić information content (AvgIpc) is 2.04. The topological polar surface area (TPSA) is 58.2 Å². The van der Waals surface area contributed by atoms with E-state index in [0.717, 1.165) is 4.57 Å². The van der Waals surface area contributed by atoms with Crippen LogP contribution in [0.4, 0.5) is 4.79 Å². The molecule has 0 saturated carbocycles. The Balaban J connectivity index is 3.22. The third-order valence-electron chi connectivity index (χ3n) is 1.10.